The Morgan fingerprint density at radius 1 is 1.28 bits per heavy atom. The van der Waals surface area contributed by atoms with Crippen LogP contribution in [-0.2, 0) is 6.54 Å². The summed E-state index contributed by atoms with van der Waals surface area (Å²) < 4.78 is 0. The third-order valence-electron chi connectivity index (χ3n) is 3.91. The van der Waals surface area contributed by atoms with Gasteiger partial charge in [-0.2, -0.15) is 0 Å². The number of nitrogens with two attached hydrogens (primary N) is 1. The van der Waals surface area contributed by atoms with E-state index in [1.807, 2.05) is 0 Å². The second kappa shape index (κ2) is 5.72. The Bertz CT molecular complexity index is 372. The lowest BCUT2D eigenvalue weighted by Gasteiger charge is -2.35. The van der Waals surface area contributed by atoms with E-state index < -0.39 is 0 Å². The molecule has 2 unspecified atom stereocenters. The van der Waals surface area contributed by atoms with Gasteiger partial charge in [-0.25, -0.2) is 0 Å². The van der Waals surface area contributed by atoms with Crippen LogP contribution in [0.1, 0.15) is 18.9 Å². The molecular weight excluding hydrogens is 222 g/mol. The number of likely N-dealkylation sites (tertiary alicyclic amines) is 1. The van der Waals surface area contributed by atoms with Crippen LogP contribution in [0.15, 0.2) is 24.3 Å². The van der Waals surface area contributed by atoms with Crippen molar-refractivity contribution in [1.29, 1.82) is 0 Å². The zero-order valence-electron chi connectivity index (χ0n) is 11.8. The first-order chi connectivity index (χ1) is 8.56. The molecule has 0 spiro atoms. The monoisotopic (exact) mass is 247 g/mol. The average molecular weight is 247 g/mol. The zero-order valence-corrected chi connectivity index (χ0v) is 11.8. The minimum absolute atomic E-state index is 0.386. The van der Waals surface area contributed by atoms with E-state index in [1.54, 1.807) is 0 Å². The second-order valence-corrected chi connectivity index (χ2v) is 5.73. The van der Waals surface area contributed by atoms with Gasteiger partial charge in [0.15, 0.2) is 0 Å². The van der Waals surface area contributed by atoms with Crippen molar-refractivity contribution in [2.45, 2.75) is 25.9 Å². The number of rotatable bonds is 3. The van der Waals surface area contributed by atoms with E-state index in [0.29, 0.717) is 12.0 Å². The van der Waals surface area contributed by atoms with Gasteiger partial charge in [0.25, 0.3) is 0 Å². The van der Waals surface area contributed by atoms with Crippen molar-refractivity contribution in [3.63, 3.8) is 0 Å². The Morgan fingerprint density at radius 2 is 1.94 bits per heavy atom. The number of hydrogen-bond donors (Lipinski definition) is 1. The number of piperidine rings is 1. The molecule has 1 aliphatic rings. The summed E-state index contributed by atoms with van der Waals surface area (Å²) in [6.07, 6.45) is 1.12. The molecule has 1 aromatic carbocycles. The minimum atomic E-state index is 0.386. The van der Waals surface area contributed by atoms with Gasteiger partial charge in [-0.1, -0.05) is 19.1 Å². The first-order valence-corrected chi connectivity index (χ1v) is 6.80. The molecule has 1 heterocycles. The van der Waals surface area contributed by atoms with E-state index in [2.05, 4.69) is 55.1 Å². The Balaban J connectivity index is 1.93. The smallest absolute Gasteiger partial charge is 0.0361 e. The van der Waals surface area contributed by atoms with Crippen LogP contribution in [0.25, 0.3) is 0 Å². The molecule has 0 radical (unpaired) electrons. The van der Waals surface area contributed by atoms with Gasteiger partial charge in [-0.15, -0.1) is 0 Å². The van der Waals surface area contributed by atoms with Crippen molar-refractivity contribution >= 4 is 5.69 Å². The van der Waals surface area contributed by atoms with Crippen molar-refractivity contribution in [2.24, 2.45) is 11.7 Å². The number of anilines is 1. The fourth-order valence-corrected chi connectivity index (χ4v) is 2.55. The SMILES string of the molecule is CC1CN(Cc2ccc(N(C)C)cc2)CCC1N. The molecule has 0 saturated carbocycles. The molecule has 100 valence electrons. The van der Waals surface area contributed by atoms with Crippen molar-refractivity contribution in [3.8, 4) is 0 Å². The average Bonchev–Trinajstić information content (AvgIpc) is 2.34. The summed E-state index contributed by atoms with van der Waals surface area (Å²) >= 11 is 0. The maximum atomic E-state index is 6.05. The van der Waals surface area contributed by atoms with Crippen LogP contribution in [0.3, 0.4) is 0 Å². The fraction of sp³-hybridized carbons (Fsp3) is 0.600. The largest absolute Gasteiger partial charge is 0.378 e. The lowest BCUT2D eigenvalue weighted by molar-refractivity contribution is 0.158. The van der Waals surface area contributed by atoms with Crippen LogP contribution >= 0.6 is 0 Å². The maximum Gasteiger partial charge on any atom is 0.0361 e. The van der Waals surface area contributed by atoms with Crippen molar-refractivity contribution in [1.82, 2.24) is 4.90 Å². The molecule has 0 amide bonds. The molecule has 3 nitrogen and oxygen atoms in total. The standard InChI is InChI=1S/C15H25N3/c1-12-10-18(9-8-15(12)16)11-13-4-6-14(7-5-13)17(2)3/h4-7,12,15H,8-11,16H2,1-3H3. The Hall–Kier alpha value is -1.06. The quantitative estimate of drug-likeness (QED) is 0.886. The molecule has 2 N–H and O–H groups in total. The molecule has 2 rings (SSSR count). The highest BCUT2D eigenvalue weighted by atomic mass is 15.1. The van der Waals surface area contributed by atoms with Crippen LogP contribution in [0.5, 0.6) is 0 Å². The Kier molecular flexibility index (Phi) is 4.25. The summed E-state index contributed by atoms with van der Waals surface area (Å²) in [5, 5.41) is 0. The molecule has 0 aliphatic carbocycles. The topological polar surface area (TPSA) is 32.5 Å². The molecule has 2 atom stereocenters. The minimum Gasteiger partial charge on any atom is -0.378 e. The molecule has 1 aliphatic heterocycles. The van der Waals surface area contributed by atoms with Gasteiger partial charge in [0.2, 0.25) is 0 Å². The summed E-state index contributed by atoms with van der Waals surface area (Å²) in [6, 6.07) is 9.23. The lowest BCUT2D eigenvalue weighted by atomic mass is 9.94. The van der Waals surface area contributed by atoms with Crippen LogP contribution < -0.4 is 10.6 Å². The van der Waals surface area contributed by atoms with E-state index in [4.69, 9.17) is 5.73 Å². The zero-order chi connectivity index (χ0) is 13.1. The molecule has 18 heavy (non-hydrogen) atoms. The fourth-order valence-electron chi connectivity index (χ4n) is 2.55. The molecule has 3 heteroatoms. The Labute approximate surface area is 111 Å². The van der Waals surface area contributed by atoms with Crippen LogP contribution in [0.2, 0.25) is 0 Å². The van der Waals surface area contributed by atoms with Gasteiger partial charge < -0.3 is 10.6 Å². The van der Waals surface area contributed by atoms with E-state index >= 15 is 0 Å². The highest BCUT2D eigenvalue weighted by Crippen LogP contribution is 2.18. The van der Waals surface area contributed by atoms with Crippen molar-refractivity contribution in [2.75, 3.05) is 32.1 Å². The summed E-state index contributed by atoms with van der Waals surface area (Å²) in [7, 11) is 4.14. The first-order valence-electron chi connectivity index (χ1n) is 6.80. The molecular formula is C15H25N3. The maximum absolute atomic E-state index is 6.05. The molecule has 1 fully saturated rings. The molecule has 1 saturated heterocycles. The van der Waals surface area contributed by atoms with E-state index in [-0.39, 0.29) is 0 Å². The van der Waals surface area contributed by atoms with Crippen LogP contribution in [0, 0.1) is 5.92 Å². The van der Waals surface area contributed by atoms with Crippen LogP contribution in [0.4, 0.5) is 5.69 Å². The summed E-state index contributed by atoms with van der Waals surface area (Å²) in [5.41, 5.74) is 8.70. The summed E-state index contributed by atoms with van der Waals surface area (Å²) in [5.74, 6) is 0.611. The highest BCUT2D eigenvalue weighted by molar-refractivity contribution is 5.45. The van der Waals surface area contributed by atoms with E-state index in [9.17, 15) is 0 Å². The third-order valence-corrected chi connectivity index (χ3v) is 3.91. The number of hydrogen-bond acceptors (Lipinski definition) is 3. The van der Waals surface area contributed by atoms with Gasteiger partial charge in [0, 0.05) is 38.9 Å². The predicted molar refractivity (Wildman–Crippen MR) is 77.8 cm³/mol. The van der Waals surface area contributed by atoms with Crippen molar-refractivity contribution in [3.05, 3.63) is 29.8 Å². The molecule has 0 aromatic heterocycles. The van der Waals surface area contributed by atoms with Gasteiger partial charge >= 0.3 is 0 Å². The van der Waals surface area contributed by atoms with E-state index in [1.165, 1.54) is 11.3 Å². The van der Waals surface area contributed by atoms with Gasteiger partial charge in [-0.05, 0) is 36.6 Å². The summed E-state index contributed by atoms with van der Waals surface area (Å²) in [6.45, 7) is 5.55. The van der Waals surface area contributed by atoms with Gasteiger partial charge in [0.05, 0.1) is 0 Å². The number of nitrogens with zero attached hydrogens (tertiary/aromatic N) is 2. The highest BCUT2D eigenvalue weighted by Gasteiger charge is 2.22. The lowest BCUT2D eigenvalue weighted by Crippen LogP contribution is -2.45. The molecule has 1 aromatic rings. The second-order valence-electron chi connectivity index (χ2n) is 5.73. The Morgan fingerprint density at radius 3 is 2.50 bits per heavy atom. The van der Waals surface area contributed by atoms with E-state index in [0.717, 1.165) is 26.1 Å². The summed E-state index contributed by atoms with van der Waals surface area (Å²) in [4.78, 5) is 4.64. The van der Waals surface area contributed by atoms with Gasteiger partial charge in [0.1, 0.15) is 0 Å². The predicted octanol–water partition coefficient (Wildman–Crippen LogP) is 1.92. The third kappa shape index (κ3) is 3.24. The number of benzene rings is 1. The van der Waals surface area contributed by atoms with Crippen LogP contribution in [-0.4, -0.2) is 38.1 Å². The normalized spacial score (nSPS) is 25.1. The first kappa shape index (κ1) is 13.4. The van der Waals surface area contributed by atoms with Crippen molar-refractivity contribution < 1.29 is 0 Å². The van der Waals surface area contributed by atoms with Gasteiger partial charge in [-0.3, -0.25) is 4.90 Å². The molecule has 0 bridgehead atoms.